The van der Waals surface area contributed by atoms with Crippen molar-refractivity contribution in [3.8, 4) is 0 Å². The average Bonchev–Trinajstić information content (AvgIpc) is 2.90. The minimum atomic E-state index is -3.59. The van der Waals surface area contributed by atoms with Crippen LogP contribution in [0.25, 0.3) is 10.9 Å². The van der Waals surface area contributed by atoms with Crippen LogP contribution in [0.4, 0.5) is 0 Å². The van der Waals surface area contributed by atoms with Crippen molar-refractivity contribution in [2.75, 3.05) is 6.54 Å². The van der Waals surface area contributed by atoms with Crippen molar-refractivity contribution in [3.63, 3.8) is 0 Å². The van der Waals surface area contributed by atoms with Crippen LogP contribution in [0.3, 0.4) is 0 Å². The molecule has 0 aliphatic carbocycles. The Labute approximate surface area is 135 Å². The van der Waals surface area contributed by atoms with E-state index in [1.807, 2.05) is 43.3 Å². The molecule has 2 aromatic carbocycles. The van der Waals surface area contributed by atoms with Crippen LogP contribution in [0.2, 0.25) is 0 Å². The fraction of sp³-hybridized carbons (Fsp3) is 0.222. The molecule has 4 nitrogen and oxygen atoms in total. The number of hydrogen-bond donors (Lipinski definition) is 1. The summed E-state index contributed by atoms with van der Waals surface area (Å²) in [6, 6.07) is 14.8. The van der Waals surface area contributed by atoms with Crippen LogP contribution in [0.15, 0.2) is 53.4 Å². The van der Waals surface area contributed by atoms with Crippen molar-refractivity contribution in [1.82, 2.24) is 9.29 Å². The Kier molecular flexibility index (Phi) is 3.28. The summed E-state index contributed by atoms with van der Waals surface area (Å²) in [7, 11) is -3.59. The lowest BCUT2D eigenvalue weighted by Crippen LogP contribution is -2.26. The molecule has 0 saturated heterocycles. The Morgan fingerprint density at radius 2 is 1.78 bits per heavy atom. The van der Waals surface area contributed by atoms with Gasteiger partial charge in [-0.2, -0.15) is 0 Å². The number of aromatic nitrogens is 1. The Balaban J connectivity index is 2.03. The first-order valence-electron chi connectivity index (χ1n) is 7.73. The maximum atomic E-state index is 13.2. The Hall–Kier alpha value is -2.11. The predicted octanol–water partition coefficient (Wildman–Crippen LogP) is 2.83. The highest BCUT2D eigenvalue weighted by Gasteiger charge is 2.27. The summed E-state index contributed by atoms with van der Waals surface area (Å²) >= 11 is 0. The standard InChI is InChI=1S/C18H18N2O2S/c1-13-6-8-14(9-7-13)23(21,22)20-17-5-3-2-4-15(17)16-12-19-11-10-18(16)20/h2-9,19H,10-12H2,1H3. The molecule has 3 aromatic rings. The van der Waals surface area contributed by atoms with Gasteiger partial charge in [0.15, 0.2) is 0 Å². The summed E-state index contributed by atoms with van der Waals surface area (Å²) in [6.07, 6.45) is 0.717. The van der Waals surface area contributed by atoms with Gasteiger partial charge < -0.3 is 5.32 Å². The zero-order valence-electron chi connectivity index (χ0n) is 12.9. The summed E-state index contributed by atoms with van der Waals surface area (Å²) in [5, 5.41) is 4.36. The SMILES string of the molecule is Cc1ccc(S(=O)(=O)n2c3c(c4ccccc42)CNCC3)cc1. The van der Waals surface area contributed by atoms with Gasteiger partial charge in [0.25, 0.3) is 10.0 Å². The van der Waals surface area contributed by atoms with E-state index >= 15 is 0 Å². The van der Waals surface area contributed by atoms with Gasteiger partial charge in [0.05, 0.1) is 10.4 Å². The zero-order chi connectivity index (χ0) is 16.0. The van der Waals surface area contributed by atoms with Crippen molar-refractivity contribution in [2.45, 2.75) is 24.8 Å². The van der Waals surface area contributed by atoms with Gasteiger partial charge in [0, 0.05) is 30.6 Å². The molecule has 0 unspecified atom stereocenters. The van der Waals surface area contributed by atoms with E-state index < -0.39 is 10.0 Å². The summed E-state index contributed by atoms with van der Waals surface area (Å²) < 4.78 is 28.0. The van der Waals surface area contributed by atoms with Gasteiger partial charge in [-0.1, -0.05) is 35.9 Å². The molecule has 5 heteroatoms. The van der Waals surface area contributed by atoms with Crippen molar-refractivity contribution in [3.05, 3.63) is 65.4 Å². The highest BCUT2D eigenvalue weighted by Crippen LogP contribution is 2.32. The van der Waals surface area contributed by atoms with Gasteiger partial charge in [-0.3, -0.25) is 0 Å². The number of rotatable bonds is 2. The first kappa shape index (κ1) is 14.5. The first-order chi connectivity index (χ1) is 11.1. The minimum absolute atomic E-state index is 0.338. The number of fused-ring (bicyclic) bond motifs is 3. The van der Waals surface area contributed by atoms with E-state index in [-0.39, 0.29) is 0 Å². The van der Waals surface area contributed by atoms with E-state index in [4.69, 9.17) is 0 Å². The molecule has 0 radical (unpaired) electrons. The molecule has 4 rings (SSSR count). The van der Waals surface area contributed by atoms with Gasteiger partial charge in [-0.25, -0.2) is 12.4 Å². The zero-order valence-corrected chi connectivity index (χ0v) is 13.7. The molecule has 23 heavy (non-hydrogen) atoms. The van der Waals surface area contributed by atoms with Crippen LogP contribution in [-0.2, 0) is 23.0 Å². The topological polar surface area (TPSA) is 51.1 Å². The second-order valence-corrected chi connectivity index (χ2v) is 7.74. The van der Waals surface area contributed by atoms with Crippen LogP contribution in [0.1, 0.15) is 16.8 Å². The molecule has 1 aliphatic rings. The van der Waals surface area contributed by atoms with Gasteiger partial charge in [-0.05, 0) is 30.7 Å². The molecule has 1 aromatic heterocycles. The molecule has 0 bridgehead atoms. The summed E-state index contributed by atoms with van der Waals surface area (Å²) in [5.41, 5.74) is 3.82. The van der Waals surface area contributed by atoms with E-state index in [1.54, 1.807) is 16.1 Å². The summed E-state index contributed by atoms with van der Waals surface area (Å²) in [4.78, 5) is 0.338. The van der Waals surface area contributed by atoms with E-state index in [2.05, 4.69) is 5.32 Å². The number of nitrogens with zero attached hydrogens (tertiary/aromatic N) is 1. The lowest BCUT2D eigenvalue weighted by atomic mass is 10.1. The van der Waals surface area contributed by atoms with E-state index in [0.29, 0.717) is 11.4 Å². The van der Waals surface area contributed by atoms with Gasteiger partial charge >= 0.3 is 0 Å². The molecule has 118 valence electrons. The number of aryl methyl sites for hydroxylation is 1. The van der Waals surface area contributed by atoms with Crippen molar-refractivity contribution < 1.29 is 8.42 Å². The summed E-state index contributed by atoms with van der Waals surface area (Å²) in [6.45, 7) is 3.47. The maximum absolute atomic E-state index is 13.2. The van der Waals surface area contributed by atoms with Crippen molar-refractivity contribution in [1.29, 1.82) is 0 Å². The Bertz CT molecular complexity index is 986. The lowest BCUT2D eigenvalue weighted by molar-refractivity contribution is 0.580. The Morgan fingerprint density at radius 1 is 1.04 bits per heavy atom. The maximum Gasteiger partial charge on any atom is 0.268 e. The molecule has 2 heterocycles. The van der Waals surface area contributed by atoms with E-state index in [9.17, 15) is 8.42 Å². The molecule has 0 atom stereocenters. The minimum Gasteiger partial charge on any atom is -0.312 e. The molecule has 0 fully saturated rings. The third kappa shape index (κ3) is 2.19. The molecule has 1 N–H and O–H groups in total. The number of para-hydroxylation sites is 1. The third-order valence-electron chi connectivity index (χ3n) is 4.44. The highest BCUT2D eigenvalue weighted by atomic mass is 32.2. The molecular formula is C18H18N2O2S. The molecule has 0 spiro atoms. The number of nitrogens with one attached hydrogen (secondary N) is 1. The lowest BCUT2D eigenvalue weighted by Gasteiger charge is -2.17. The second-order valence-electron chi connectivity index (χ2n) is 5.95. The number of hydrogen-bond acceptors (Lipinski definition) is 3. The normalized spacial score (nSPS) is 14.8. The van der Waals surface area contributed by atoms with Crippen LogP contribution in [0, 0.1) is 6.92 Å². The molecular weight excluding hydrogens is 308 g/mol. The first-order valence-corrected chi connectivity index (χ1v) is 9.17. The quantitative estimate of drug-likeness (QED) is 0.788. The van der Waals surface area contributed by atoms with Crippen LogP contribution < -0.4 is 5.32 Å². The van der Waals surface area contributed by atoms with Crippen molar-refractivity contribution >= 4 is 20.9 Å². The monoisotopic (exact) mass is 326 g/mol. The highest BCUT2D eigenvalue weighted by molar-refractivity contribution is 7.90. The van der Waals surface area contributed by atoms with Gasteiger partial charge in [-0.15, -0.1) is 0 Å². The van der Waals surface area contributed by atoms with Crippen molar-refractivity contribution in [2.24, 2.45) is 0 Å². The third-order valence-corrected chi connectivity index (χ3v) is 6.21. The van der Waals surface area contributed by atoms with Crippen LogP contribution in [-0.4, -0.2) is 18.9 Å². The van der Waals surface area contributed by atoms with Crippen LogP contribution in [0.5, 0.6) is 0 Å². The smallest absolute Gasteiger partial charge is 0.268 e. The second kappa shape index (κ2) is 5.22. The molecule has 0 saturated carbocycles. The van der Waals surface area contributed by atoms with E-state index in [1.165, 1.54) is 0 Å². The fourth-order valence-electron chi connectivity index (χ4n) is 3.29. The summed E-state index contributed by atoms with van der Waals surface area (Å²) in [5.74, 6) is 0. The van der Waals surface area contributed by atoms with Crippen LogP contribution >= 0.6 is 0 Å². The van der Waals surface area contributed by atoms with E-state index in [0.717, 1.165) is 40.7 Å². The molecule has 0 amide bonds. The Morgan fingerprint density at radius 3 is 2.57 bits per heavy atom. The molecule has 1 aliphatic heterocycles. The largest absolute Gasteiger partial charge is 0.312 e. The van der Waals surface area contributed by atoms with Gasteiger partial charge in [0.2, 0.25) is 0 Å². The number of benzene rings is 2. The van der Waals surface area contributed by atoms with Gasteiger partial charge in [0.1, 0.15) is 0 Å². The predicted molar refractivity (Wildman–Crippen MR) is 91.1 cm³/mol. The average molecular weight is 326 g/mol. The fourth-order valence-corrected chi connectivity index (χ4v) is 4.89.